The maximum absolute atomic E-state index is 12.4. The van der Waals surface area contributed by atoms with Crippen molar-refractivity contribution in [3.63, 3.8) is 0 Å². The number of piperazine rings is 1. The Morgan fingerprint density at radius 2 is 1.96 bits per heavy atom. The molecule has 0 spiro atoms. The minimum Gasteiger partial charge on any atom is -0.497 e. The summed E-state index contributed by atoms with van der Waals surface area (Å²) in [6.07, 6.45) is 1.02. The van der Waals surface area contributed by atoms with Gasteiger partial charge in [-0.2, -0.15) is 0 Å². The molecule has 1 aliphatic rings. The highest BCUT2D eigenvalue weighted by Crippen LogP contribution is 2.14. The Labute approximate surface area is 160 Å². The zero-order valence-corrected chi connectivity index (χ0v) is 16.3. The van der Waals surface area contributed by atoms with E-state index in [0.717, 1.165) is 50.6 Å². The number of amides is 1. The van der Waals surface area contributed by atoms with Crippen molar-refractivity contribution in [2.24, 2.45) is 0 Å². The van der Waals surface area contributed by atoms with Crippen LogP contribution in [0.3, 0.4) is 0 Å². The lowest BCUT2D eigenvalue weighted by atomic mass is 10.1. The Balaban J connectivity index is 1.41. The lowest BCUT2D eigenvalue weighted by Gasteiger charge is -2.37. The highest BCUT2D eigenvalue weighted by Gasteiger charge is 2.26. The van der Waals surface area contributed by atoms with Gasteiger partial charge in [-0.1, -0.05) is 17.3 Å². The van der Waals surface area contributed by atoms with E-state index in [1.807, 2.05) is 26.0 Å². The standard InChI is InChI=1S/C20H28N4O3/c1-15-14-19(27-22-15)21-20(25)16(2)24-12-10-23(11-13-24)9-8-17-4-6-18(26-3)7-5-17/h4-7,14,16H,8-13H2,1-3H3,(H,21,25). The summed E-state index contributed by atoms with van der Waals surface area (Å²) in [5, 5.41) is 6.58. The number of aryl methyl sites for hydroxylation is 1. The number of anilines is 1. The van der Waals surface area contributed by atoms with E-state index in [1.54, 1.807) is 13.2 Å². The number of nitrogens with one attached hydrogen (secondary N) is 1. The van der Waals surface area contributed by atoms with Crippen molar-refractivity contribution in [1.82, 2.24) is 15.0 Å². The van der Waals surface area contributed by atoms with Gasteiger partial charge in [-0.3, -0.25) is 15.0 Å². The lowest BCUT2D eigenvalue weighted by Crippen LogP contribution is -2.53. The number of carbonyl (C=O) groups is 1. The van der Waals surface area contributed by atoms with Crippen molar-refractivity contribution < 1.29 is 14.1 Å². The molecule has 2 aromatic rings. The second-order valence-electron chi connectivity index (χ2n) is 6.97. The summed E-state index contributed by atoms with van der Waals surface area (Å²) in [5.74, 6) is 1.24. The zero-order chi connectivity index (χ0) is 19.2. The van der Waals surface area contributed by atoms with Gasteiger partial charge in [-0.05, 0) is 38.0 Å². The minimum absolute atomic E-state index is 0.0576. The predicted octanol–water partition coefficient (Wildman–Crippen LogP) is 2.18. The van der Waals surface area contributed by atoms with Gasteiger partial charge in [0.25, 0.3) is 0 Å². The van der Waals surface area contributed by atoms with Gasteiger partial charge in [0.2, 0.25) is 11.8 Å². The molecule has 7 nitrogen and oxygen atoms in total. The van der Waals surface area contributed by atoms with E-state index in [9.17, 15) is 4.79 Å². The lowest BCUT2D eigenvalue weighted by molar-refractivity contribution is -0.121. The molecule has 1 fully saturated rings. The van der Waals surface area contributed by atoms with Crippen molar-refractivity contribution in [3.8, 4) is 5.75 Å². The Morgan fingerprint density at radius 1 is 1.26 bits per heavy atom. The average Bonchev–Trinajstić information content (AvgIpc) is 3.11. The summed E-state index contributed by atoms with van der Waals surface area (Å²) in [7, 11) is 1.68. The first-order valence-electron chi connectivity index (χ1n) is 9.38. The van der Waals surface area contributed by atoms with Crippen LogP contribution < -0.4 is 10.1 Å². The molecular formula is C20H28N4O3. The zero-order valence-electron chi connectivity index (χ0n) is 16.3. The van der Waals surface area contributed by atoms with Gasteiger partial charge >= 0.3 is 0 Å². The largest absolute Gasteiger partial charge is 0.497 e. The molecule has 1 atom stereocenters. The van der Waals surface area contributed by atoms with E-state index in [1.165, 1.54) is 5.56 Å². The summed E-state index contributed by atoms with van der Waals surface area (Å²) in [6.45, 7) is 8.49. The van der Waals surface area contributed by atoms with Crippen molar-refractivity contribution in [1.29, 1.82) is 0 Å². The molecule has 27 heavy (non-hydrogen) atoms. The van der Waals surface area contributed by atoms with Crippen molar-refractivity contribution in [2.45, 2.75) is 26.3 Å². The third-order valence-electron chi connectivity index (χ3n) is 5.08. The molecule has 3 rings (SSSR count). The monoisotopic (exact) mass is 372 g/mol. The highest BCUT2D eigenvalue weighted by molar-refractivity contribution is 5.93. The SMILES string of the molecule is COc1ccc(CCN2CCN(C(C)C(=O)Nc3cc(C)no3)CC2)cc1. The maximum atomic E-state index is 12.4. The van der Waals surface area contributed by atoms with E-state index in [0.29, 0.717) is 5.88 Å². The normalized spacial score (nSPS) is 16.9. The van der Waals surface area contributed by atoms with Crippen LogP contribution in [-0.4, -0.2) is 66.7 Å². The summed E-state index contributed by atoms with van der Waals surface area (Å²) >= 11 is 0. The first-order chi connectivity index (χ1) is 13.0. The molecule has 1 saturated heterocycles. The molecule has 0 bridgehead atoms. The molecule has 1 aliphatic heterocycles. The number of methoxy groups -OCH3 is 1. The molecule has 146 valence electrons. The van der Waals surface area contributed by atoms with Gasteiger partial charge in [-0.25, -0.2) is 0 Å². The first kappa shape index (κ1) is 19.4. The third-order valence-corrected chi connectivity index (χ3v) is 5.08. The maximum Gasteiger partial charge on any atom is 0.243 e. The number of hydrogen-bond donors (Lipinski definition) is 1. The molecule has 0 saturated carbocycles. The number of aromatic nitrogens is 1. The van der Waals surface area contributed by atoms with Crippen molar-refractivity contribution in [2.75, 3.05) is 45.2 Å². The smallest absolute Gasteiger partial charge is 0.243 e. The predicted molar refractivity (Wildman–Crippen MR) is 104 cm³/mol. The van der Waals surface area contributed by atoms with Crippen LogP contribution in [0.1, 0.15) is 18.2 Å². The molecule has 1 N–H and O–H groups in total. The van der Waals surface area contributed by atoms with Gasteiger partial charge in [0.15, 0.2) is 0 Å². The van der Waals surface area contributed by atoms with Crippen LogP contribution in [0.5, 0.6) is 5.75 Å². The number of rotatable bonds is 7. The quantitative estimate of drug-likeness (QED) is 0.803. The molecule has 1 aromatic heterocycles. The van der Waals surface area contributed by atoms with Crippen LogP contribution in [0.25, 0.3) is 0 Å². The van der Waals surface area contributed by atoms with Gasteiger partial charge < -0.3 is 14.2 Å². The molecule has 1 amide bonds. The highest BCUT2D eigenvalue weighted by atomic mass is 16.5. The molecule has 0 radical (unpaired) electrons. The van der Waals surface area contributed by atoms with E-state index in [-0.39, 0.29) is 11.9 Å². The molecule has 0 aliphatic carbocycles. The number of carbonyl (C=O) groups excluding carboxylic acids is 1. The average molecular weight is 372 g/mol. The summed E-state index contributed by atoms with van der Waals surface area (Å²) in [6, 6.07) is 9.77. The first-order valence-corrected chi connectivity index (χ1v) is 9.38. The van der Waals surface area contributed by atoms with E-state index >= 15 is 0 Å². The minimum atomic E-state index is -0.195. The van der Waals surface area contributed by atoms with Crippen LogP contribution in [0, 0.1) is 6.92 Å². The van der Waals surface area contributed by atoms with Crippen LogP contribution in [0.15, 0.2) is 34.9 Å². The Bertz CT molecular complexity index is 736. The van der Waals surface area contributed by atoms with Gasteiger partial charge in [0.1, 0.15) is 5.75 Å². The summed E-state index contributed by atoms with van der Waals surface area (Å²) < 4.78 is 10.3. The Kier molecular flexibility index (Phi) is 6.47. The van der Waals surface area contributed by atoms with Crippen LogP contribution in [-0.2, 0) is 11.2 Å². The molecule has 1 aromatic carbocycles. The molecular weight excluding hydrogens is 344 g/mol. The van der Waals surface area contributed by atoms with Gasteiger partial charge in [0.05, 0.1) is 18.8 Å². The fraction of sp³-hybridized carbons (Fsp3) is 0.500. The van der Waals surface area contributed by atoms with Crippen molar-refractivity contribution >= 4 is 11.8 Å². The number of nitrogens with zero attached hydrogens (tertiary/aromatic N) is 3. The molecule has 7 heteroatoms. The van der Waals surface area contributed by atoms with Gasteiger partial charge in [0, 0.05) is 38.8 Å². The summed E-state index contributed by atoms with van der Waals surface area (Å²) in [4.78, 5) is 17.1. The van der Waals surface area contributed by atoms with Crippen LogP contribution in [0.4, 0.5) is 5.88 Å². The fourth-order valence-corrected chi connectivity index (χ4v) is 3.27. The molecule has 1 unspecified atom stereocenters. The van der Waals surface area contributed by atoms with E-state index in [4.69, 9.17) is 9.26 Å². The number of benzene rings is 1. The number of hydrogen-bond acceptors (Lipinski definition) is 6. The Morgan fingerprint density at radius 3 is 2.56 bits per heavy atom. The van der Waals surface area contributed by atoms with Crippen molar-refractivity contribution in [3.05, 3.63) is 41.6 Å². The van der Waals surface area contributed by atoms with E-state index in [2.05, 4.69) is 32.4 Å². The molecule has 2 heterocycles. The third kappa shape index (κ3) is 5.30. The van der Waals surface area contributed by atoms with Gasteiger partial charge in [-0.15, -0.1) is 0 Å². The number of ether oxygens (including phenoxy) is 1. The Hall–Kier alpha value is -2.38. The second kappa shape index (κ2) is 9.01. The van der Waals surface area contributed by atoms with Crippen LogP contribution in [0.2, 0.25) is 0 Å². The summed E-state index contributed by atoms with van der Waals surface area (Å²) in [5.41, 5.74) is 2.07. The van der Waals surface area contributed by atoms with Crippen LogP contribution >= 0.6 is 0 Å². The second-order valence-corrected chi connectivity index (χ2v) is 6.97. The fourth-order valence-electron chi connectivity index (χ4n) is 3.27. The topological polar surface area (TPSA) is 70.8 Å². The van der Waals surface area contributed by atoms with E-state index < -0.39 is 0 Å².